The third-order valence-corrected chi connectivity index (χ3v) is 5.62. The van der Waals surface area contributed by atoms with Crippen LogP contribution in [0.2, 0.25) is 0 Å². The molecular formula is C25H26N2O3. The molecule has 1 amide bonds. The number of carbonyl (C=O) groups is 2. The van der Waals surface area contributed by atoms with Gasteiger partial charge in [-0.2, -0.15) is 0 Å². The summed E-state index contributed by atoms with van der Waals surface area (Å²) in [5.41, 5.74) is 1.82. The van der Waals surface area contributed by atoms with E-state index in [-0.39, 0.29) is 18.3 Å². The summed E-state index contributed by atoms with van der Waals surface area (Å²) in [6.07, 6.45) is 0. The Labute approximate surface area is 176 Å². The molecule has 1 aliphatic rings. The van der Waals surface area contributed by atoms with Crippen LogP contribution in [0.15, 0.2) is 66.7 Å². The van der Waals surface area contributed by atoms with Gasteiger partial charge in [-0.25, -0.2) is 0 Å². The fourth-order valence-corrected chi connectivity index (χ4v) is 3.94. The van der Waals surface area contributed by atoms with Gasteiger partial charge < -0.3 is 9.64 Å². The summed E-state index contributed by atoms with van der Waals surface area (Å²) in [5, 5.41) is 2.54. The average Bonchev–Trinajstić information content (AvgIpc) is 2.78. The van der Waals surface area contributed by atoms with Gasteiger partial charge in [0.2, 0.25) is 0 Å². The number of benzene rings is 3. The van der Waals surface area contributed by atoms with Gasteiger partial charge in [-0.3, -0.25) is 14.5 Å². The second-order valence-electron chi connectivity index (χ2n) is 7.64. The fraction of sp³-hybridized carbons (Fsp3) is 0.280. The number of fused-ring (bicyclic) bond motifs is 1. The van der Waals surface area contributed by atoms with Crippen LogP contribution < -0.4 is 4.74 Å². The Morgan fingerprint density at radius 1 is 0.867 bits per heavy atom. The number of ketones is 1. The zero-order chi connectivity index (χ0) is 20.9. The van der Waals surface area contributed by atoms with E-state index in [0.29, 0.717) is 24.4 Å². The molecule has 3 aromatic carbocycles. The summed E-state index contributed by atoms with van der Waals surface area (Å²) in [4.78, 5) is 28.5. The Hall–Kier alpha value is -3.18. The molecule has 1 saturated heterocycles. The molecule has 154 valence electrons. The number of hydrogen-bond acceptors (Lipinski definition) is 4. The number of nitrogens with zero attached hydrogens (tertiary/aromatic N) is 2. The third-order valence-electron chi connectivity index (χ3n) is 5.62. The molecule has 3 aromatic rings. The Kier molecular flexibility index (Phi) is 6.10. The highest BCUT2D eigenvalue weighted by atomic mass is 16.5. The van der Waals surface area contributed by atoms with Crippen LogP contribution in [0.1, 0.15) is 22.8 Å². The molecule has 0 unspecified atom stereocenters. The lowest BCUT2D eigenvalue weighted by molar-refractivity contribution is -0.135. The molecule has 4 rings (SSSR count). The summed E-state index contributed by atoms with van der Waals surface area (Å²) in [6.45, 7) is 5.36. The van der Waals surface area contributed by atoms with Gasteiger partial charge in [-0.15, -0.1) is 0 Å². The molecule has 1 fully saturated rings. The molecular weight excluding hydrogens is 376 g/mol. The van der Waals surface area contributed by atoms with Gasteiger partial charge in [-0.1, -0.05) is 54.6 Å². The first-order valence-corrected chi connectivity index (χ1v) is 10.3. The van der Waals surface area contributed by atoms with Crippen LogP contribution in [-0.2, 0) is 11.3 Å². The SMILES string of the molecule is CC(=O)c1ccccc1OCC(=O)N1CCN(Cc2cccc3ccccc23)CC1. The second-order valence-corrected chi connectivity index (χ2v) is 7.64. The van der Waals surface area contributed by atoms with Crippen molar-refractivity contribution >= 4 is 22.5 Å². The van der Waals surface area contributed by atoms with Gasteiger partial charge in [0.1, 0.15) is 5.75 Å². The first-order valence-electron chi connectivity index (χ1n) is 10.3. The van der Waals surface area contributed by atoms with Crippen LogP contribution in [0, 0.1) is 0 Å². The molecule has 0 aliphatic carbocycles. The van der Waals surface area contributed by atoms with Gasteiger partial charge in [-0.05, 0) is 35.4 Å². The highest BCUT2D eigenvalue weighted by molar-refractivity contribution is 5.96. The lowest BCUT2D eigenvalue weighted by Gasteiger charge is -2.35. The van der Waals surface area contributed by atoms with Crippen molar-refractivity contribution in [1.82, 2.24) is 9.80 Å². The van der Waals surface area contributed by atoms with Gasteiger partial charge in [0.05, 0.1) is 5.56 Å². The van der Waals surface area contributed by atoms with Crippen molar-refractivity contribution in [3.8, 4) is 5.75 Å². The van der Waals surface area contributed by atoms with E-state index in [9.17, 15) is 9.59 Å². The van der Waals surface area contributed by atoms with Crippen LogP contribution in [0.3, 0.4) is 0 Å². The maximum Gasteiger partial charge on any atom is 0.260 e. The number of rotatable bonds is 6. The zero-order valence-electron chi connectivity index (χ0n) is 17.2. The molecule has 30 heavy (non-hydrogen) atoms. The van der Waals surface area contributed by atoms with Crippen LogP contribution in [0.4, 0.5) is 0 Å². The zero-order valence-corrected chi connectivity index (χ0v) is 17.2. The number of piperazine rings is 1. The van der Waals surface area contributed by atoms with E-state index in [2.05, 4.69) is 47.4 Å². The number of para-hydroxylation sites is 1. The van der Waals surface area contributed by atoms with Crippen LogP contribution in [0.25, 0.3) is 10.8 Å². The Morgan fingerprint density at radius 2 is 1.57 bits per heavy atom. The van der Waals surface area contributed by atoms with E-state index in [1.807, 2.05) is 4.90 Å². The smallest absolute Gasteiger partial charge is 0.260 e. The molecule has 0 spiro atoms. The van der Waals surface area contributed by atoms with Crippen LogP contribution in [-0.4, -0.2) is 54.3 Å². The average molecular weight is 402 g/mol. The van der Waals surface area contributed by atoms with E-state index in [1.54, 1.807) is 24.3 Å². The maximum atomic E-state index is 12.6. The van der Waals surface area contributed by atoms with Crippen molar-refractivity contribution in [1.29, 1.82) is 0 Å². The highest BCUT2D eigenvalue weighted by Crippen LogP contribution is 2.21. The lowest BCUT2D eigenvalue weighted by atomic mass is 10.0. The lowest BCUT2D eigenvalue weighted by Crippen LogP contribution is -2.49. The molecule has 0 N–H and O–H groups in total. The van der Waals surface area contributed by atoms with Crippen molar-refractivity contribution in [2.75, 3.05) is 32.8 Å². The number of ether oxygens (including phenoxy) is 1. The summed E-state index contributed by atoms with van der Waals surface area (Å²) >= 11 is 0. The van der Waals surface area contributed by atoms with Crippen molar-refractivity contribution in [3.63, 3.8) is 0 Å². The normalized spacial score (nSPS) is 14.6. The minimum Gasteiger partial charge on any atom is -0.483 e. The van der Waals surface area contributed by atoms with Crippen LogP contribution >= 0.6 is 0 Å². The maximum absolute atomic E-state index is 12.6. The molecule has 0 atom stereocenters. The fourth-order valence-electron chi connectivity index (χ4n) is 3.94. The molecule has 0 radical (unpaired) electrons. The Balaban J connectivity index is 1.31. The summed E-state index contributed by atoms with van der Waals surface area (Å²) in [6, 6.07) is 21.9. The van der Waals surface area contributed by atoms with Crippen molar-refractivity contribution in [3.05, 3.63) is 77.9 Å². The quantitative estimate of drug-likeness (QED) is 0.589. The summed E-state index contributed by atoms with van der Waals surface area (Å²) in [5.74, 6) is 0.353. The predicted octanol–water partition coefficient (Wildman–Crippen LogP) is 3.77. The Morgan fingerprint density at radius 3 is 2.37 bits per heavy atom. The number of amides is 1. The van der Waals surface area contributed by atoms with E-state index in [4.69, 9.17) is 4.74 Å². The van der Waals surface area contributed by atoms with Crippen LogP contribution in [0.5, 0.6) is 5.75 Å². The summed E-state index contributed by atoms with van der Waals surface area (Å²) in [7, 11) is 0. The monoisotopic (exact) mass is 402 g/mol. The van der Waals surface area contributed by atoms with Gasteiger partial charge in [0.15, 0.2) is 12.4 Å². The van der Waals surface area contributed by atoms with Crippen molar-refractivity contribution < 1.29 is 14.3 Å². The summed E-state index contributed by atoms with van der Waals surface area (Å²) < 4.78 is 5.66. The van der Waals surface area contributed by atoms with Gasteiger partial charge >= 0.3 is 0 Å². The largest absolute Gasteiger partial charge is 0.483 e. The number of hydrogen-bond donors (Lipinski definition) is 0. The van der Waals surface area contributed by atoms with E-state index in [0.717, 1.165) is 19.6 Å². The van der Waals surface area contributed by atoms with Gasteiger partial charge in [0.25, 0.3) is 5.91 Å². The molecule has 0 saturated carbocycles. The van der Waals surface area contributed by atoms with E-state index in [1.165, 1.54) is 23.3 Å². The third kappa shape index (κ3) is 4.52. The minimum absolute atomic E-state index is 0.0434. The first kappa shape index (κ1) is 20.1. The molecule has 1 aliphatic heterocycles. The first-order chi connectivity index (χ1) is 14.6. The topological polar surface area (TPSA) is 49.9 Å². The van der Waals surface area contributed by atoms with Crippen molar-refractivity contribution in [2.45, 2.75) is 13.5 Å². The predicted molar refractivity (Wildman–Crippen MR) is 118 cm³/mol. The molecule has 1 heterocycles. The highest BCUT2D eigenvalue weighted by Gasteiger charge is 2.22. The molecule has 0 bridgehead atoms. The minimum atomic E-state index is -0.0694. The van der Waals surface area contributed by atoms with Crippen molar-refractivity contribution in [2.24, 2.45) is 0 Å². The Bertz CT molecular complexity index is 1050. The van der Waals surface area contributed by atoms with E-state index >= 15 is 0 Å². The van der Waals surface area contributed by atoms with Gasteiger partial charge in [0, 0.05) is 32.7 Å². The standard InChI is InChI=1S/C25H26N2O3/c1-19(28)22-10-4-5-12-24(22)30-18-25(29)27-15-13-26(14-16-27)17-21-9-6-8-20-7-2-3-11-23(20)21/h2-12H,13-18H2,1H3. The molecule has 5 nitrogen and oxygen atoms in total. The molecule has 0 aromatic heterocycles. The number of carbonyl (C=O) groups excluding carboxylic acids is 2. The second kappa shape index (κ2) is 9.09. The van der Waals surface area contributed by atoms with E-state index < -0.39 is 0 Å². The molecule has 5 heteroatoms. The number of Topliss-reactive ketones (excluding diaryl/α,β-unsaturated/α-hetero) is 1.